The van der Waals surface area contributed by atoms with Gasteiger partial charge in [-0.3, -0.25) is 9.59 Å². The van der Waals surface area contributed by atoms with E-state index in [1.165, 1.54) is 4.31 Å². The number of amides is 2. The van der Waals surface area contributed by atoms with E-state index in [1.54, 1.807) is 21.9 Å². The fourth-order valence-corrected chi connectivity index (χ4v) is 6.18. The molecule has 2 aromatic rings. The Morgan fingerprint density at radius 1 is 0.824 bits per heavy atom. The Balaban J connectivity index is 1.36. The number of carbonyl (C=O) groups excluding carboxylic acids is 2. The van der Waals surface area contributed by atoms with Gasteiger partial charge in [-0.25, -0.2) is 8.42 Å². The number of likely N-dealkylation sites (tertiary alicyclic amines) is 1. The topological polar surface area (TPSA) is 78.0 Å². The summed E-state index contributed by atoms with van der Waals surface area (Å²) in [7, 11) is -3.59. The van der Waals surface area contributed by atoms with Gasteiger partial charge in [0.2, 0.25) is 15.9 Å². The molecule has 2 aliphatic heterocycles. The van der Waals surface area contributed by atoms with Gasteiger partial charge in [-0.15, -0.1) is 0 Å². The summed E-state index contributed by atoms with van der Waals surface area (Å²) < 4.78 is 27.6. The quantitative estimate of drug-likeness (QED) is 0.670. The molecule has 2 fully saturated rings. The van der Waals surface area contributed by atoms with Gasteiger partial charge in [-0.05, 0) is 69.0 Å². The molecule has 182 valence electrons. The third-order valence-corrected chi connectivity index (χ3v) is 8.92. The highest BCUT2D eigenvalue weighted by Gasteiger charge is 2.35. The number of piperidine rings is 1. The lowest BCUT2D eigenvalue weighted by Crippen LogP contribution is -2.54. The van der Waals surface area contributed by atoms with E-state index in [9.17, 15) is 18.0 Å². The molecule has 7 nitrogen and oxygen atoms in total. The first-order valence-corrected chi connectivity index (χ1v) is 13.3. The molecule has 0 aromatic heterocycles. The van der Waals surface area contributed by atoms with Crippen LogP contribution in [-0.4, -0.2) is 73.6 Å². The second-order valence-electron chi connectivity index (χ2n) is 9.43. The van der Waals surface area contributed by atoms with Gasteiger partial charge < -0.3 is 9.80 Å². The molecule has 2 aromatic carbocycles. The van der Waals surface area contributed by atoms with Crippen LogP contribution in [0.4, 0.5) is 0 Å². The van der Waals surface area contributed by atoms with Crippen molar-refractivity contribution in [2.45, 2.75) is 38.5 Å². The SMILES string of the molecule is Cc1ccc(C(=O)N2CCCC(C(=O)N3CCN(S(=O)(=O)c4ccc(C)c(C)c4)CC3)C2)cc1. The molecule has 0 N–H and O–H groups in total. The first kappa shape index (κ1) is 24.4. The Kier molecular flexibility index (Phi) is 7.09. The Hall–Kier alpha value is -2.71. The molecule has 0 saturated carbocycles. The molecule has 1 unspecified atom stereocenters. The van der Waals surface area contributed by atoms with E-state index in [0.717, 1.165) is 29.5 Å². The van der Waals surface area contributed by atoms with Gasteiger partial charge in [0.25, 0.3) is 5.91 Å². The first-order chi connectivity index (χ1) is 16.2. The lowest BCUT2D eigenvalue weighted by Gasteiger charge is -2.38. The Labute approximate surface area is 202 Å². The van der Waals surface area contributed by atoms with E-state index in [-0.39, 0.29) is 30.8 Å². The molecule has 2 aliphatic rings. The van der Waals surface area contributed by atoms with Crippen LogP contribution < -0.4 is 0 Å². The van der Waals surface area contributed by atoms with Crippen LogP contribution in [0.1, 0.15) is 39.9 Å². The minimum absolute atomic E-state index is 0.0182. The van der Waals surface area contributed by atoms with Gasteiger partial charge >= 0.3 is 0 Å². The third kappa shape index (κ3) is 5.03. The molecule has 0 radical (unpaired) electrons. The maximum Gasteiger partial charge on any atom is 0.253 e. The monoisotopic (exact) mass is 483 g/mol. The van der Waals surface area contributed by atoms with Crippen molar-refractivity contribution in [3.8, 4) is 0 Å². The average Bonchev–Trinajstić information content (AvgIpc) is 2.85. The number of sulfonamides is 1. The molecule has 0 aliphatic carbocycles. The van der Waals surface area contributed by atoms with Gasteiger partial charge in [0.05, 0.1) is 10.8 Å². The summed E-state index contributed by atoms with van der Waals surface area (Å²) in [5.41, 5.74) is 3.74. The molecule has 2 heterocycles. The van der Waals surface area contributed by atoms with Crippen LogP contribution in [0.3, 0.4) is 0 Å². The predicted octanol–water partition coefficient (Wildman–Crippen LogP) is 3.00. The maximum absolute atomic E-state index is 13.2. The summed E-state index contributed by atoms with van der Waals surface area (Å²) in [6.45, 7) is 8.19. The van der Waals surface area contributed by atoms with Gasteiger partial charge in [-0.1, -0.05) is 23.8 Å². The maximum atomic E-state index is 13.2. The van der Waals surface area contributed by atoms with Crippen molar-refractivity contribution in [3.63, 3.8) is 0 Å². The van der Waals surface area contributed by atoms with Crippen LogP contribution in [0, 0.1) is 26.7 Å². The summed E-state index contributed by atoms with van der Waals surface area (Å²) in [6.07, 6.45) is 1.53. The summed E-state index contributed by atoms with van der Waals surface area (Å²) >= 11 is 0. The largest absolute Gasteiger partial charge is 0.340 e. The number of hydrogen-bond donors (Lipinski definition) is 0. The minimum atomic E-state index is -3.59. The number of hydrogen-bond acceptors (Lipinski definition) is 4. The van der Waals surface area contributed by atoms with Gasteiger partial charge in [0.15, 0.2) is 0 Å². The second-order valence-corrected chi connectivity index (χ2v) is 11.4. The fraction of sp³-hybridized carbons (Fsp3) is 0.462. The van der Waals surface area contributed by atoms with Crippen LogP contribution >= 0.6 is 0 Å². The van der Waals surface area contributed by atoms with Crippen LogP contribution in [0.2, 0.25) is 0 Å². The number of carbonyl (C=O) groups is 2. The summed E-state index contributed by atoms with van der Waals surface area (Å²) in [6, 6.07) is 12.7. The number of benzene rings is 2. The summed E-state index contributed by atoms with van der Waals surface area (Å²) in [5, 5.41) is 0. The Morgan fingerprint density at radius 2 is 1.50 bits per heavy atom. The average molecular weight is 484 g/mol. The van der Waals surface area contributed by atoms with Crippen molar-refractivity contribution in [1.29, 1.82) is 0 Å². The Bertz CT molecular complexity index is 1170. The van der Waals surface area contributed by atoms with E-state index < -0.39 is 10.0 Å². The third-order valence-electron chi connectivity index (χ3n) is 7.02. The number of piperazine rings is 1. The molecular formula is C26H33N3O4S. The van der Waals surface area contributed by atoms with Gasteiger partial charge in [0.1, 0.15) is 0 Å². The summed E-state index contributed by atoms with van der Waals surface area (Å²) in [5.74, 6) is -0.266. The highest BCUT2D eigenvalue weighted by Crippen LogP contribution is 2.24. The fourth-order valence-electron chi connectivity index (χ4n) is 4.67. The summed E-state index contributed by atoms with van der Waals surface area (Å²) in [4.78, 5) is 30.0. The lowest BCUT2D eigenvalue weighted by molar-refractivity contribution is -0.138. The number of rotatable bonds is 4. The van der Waals surface area contributed by atoms with E-state index >= 15 is 0 Å². The highest BCUT2D eigenvalue weighted by atomic mass is 32.2. The predicted molar refractivity (Wildman–Crippen MR) is 131 cm³/mol. The van der Waals surface area contributed by atoms with Crippen molar-refractivity contribution in [1.82, 2.24) is 14.1 Å². The lowest BCUT2D eigenvalue weighted by atomic mass is 9.95. The number of aryl methyl sites for hydroxylation is 3. The van der Waals surface area contributed by atoms with Crippen molar-refractivity contribution < 1.29 is 18.0 Å². The molecule has 2 saturated heterocycles. The zero-order valence-electron chi connectivity index (χ0n) is 20.2. The van der Waals surface area contributed by atoms with Crippen LogP contribution in [0.15, 0.2) is 47.4 Å². The van der Waals surface area contributed by atoms with E-state index in [4.69, 9.17) is 0 Å². The highest BCUT2D eigenvalue weighted by molar-refractivity contribution is 7.89. The van der Waals surface area contributed by atoms with Crippen molar-refractivity contribution in [2.24, 2.45) is 5.92 Å². The smallest absolute Gasteiger partial charge is 0.253 e. The van der Waals surface area contributed by atoms with E-state index in [1.807, 2.05) is 51.1 Å². The minimum Gasteiger partial charge on any atom is -0.340 e. The van der Waals surface area contributed by atoms with Crippen LogP contribution in [-0.2, 0) is 14.8 Å². The van der Waals surface area contributed by atoms with Crippen LogP contribution in [0.5, 0.6) is 0 Å². The van der Waals surface area contributed by atoms with Gasteiger partial charge in [0, 0.05) is 44.8 Å². The number of nitrogens with zero attached hydrogens (tertiary/aromatic N) is 3. The second kappa shape index (κ2) is 9.88. The molecule has 34 heavy (non-hydrogen) atoms. The molecule has 1 atom stereocenters. The molecule has 0 bridgehead atoms. The molecule has 0 spiro atoms. The Morgan fingerprint density at radius 3 is 2.15 bits per heavy atom. The van der Waals surface area contributed by atoms with Crippen molar-refractivity contribution >= 4 is 21.8 Å². The van der Waals surface area contributed by atoms with Crippen LogP contribution in [0.25, 0.3) is 0 Å². The molecule has 4 rings (SSSR count). The van der Waals surface area contributed by atoms with Crippen molar-refractivity contribution in [2.75, 3.05) is 39.3 Å². The van der Waals surface area contributed by atoms with Gasteiger partial charge in [-0.2, -0.15) is 4.31 Å². The standard InChI is InChI=1S/C26H33N3O4S/c1-19-6-9-22(10-7-19)25(30)28-12-4-5-23(18-28)26(31)27-13-15-29(16-14-27)34(32,33)24-11-8-20(2)21(3)17-24/h6-11,17,23H,4-5,12-16,18H2,1-3H3. The zero-order valence-corrected chi connectivity index (χ0v) is 21.0. The first-order valence-electron chi connectivity index (χ1n) is 11.9. The van der Waals surface area contributed by atoms with E-state index in [2.05, 4.69) is 0 Å². The molecule has 2 amide bonds. The van der Waals surface area contributed by atoms with E-state index in [0.29, 0.717) is 36.6 Å². The normalized spacial score (nSPS) is 19.8. The van der Waals surface area contributed by atoms with Crippen molar-refractivity contribution in [3.05, 3.63) is 64.7 Å². The zero-order chi connectivity index (χ0) is 24.5. The molecular weight excluding hydrogens is 450 g/mol. The molecule has 8 heteroatoms.